The molecule has 0 spiro atoms. The molecule has 0 aromatic heterocycles. The SMILES string of the molecule is CC(C(=O)N(C)c1ccccc1)N1CCCCCCC1. The fourth-order valence-electron chi connectivity index (χ4n) is 2.87. The van der Waals surface area contributed by atoms with Crippen LogP contribution in [0.25, 0.3) is 0 Å². The Morgan fingerprint density at radius 1 is 1.05 bits per heavy atom. The first-order chi connectivity index (χ1) is 9.70. The van der Waals surface area contributed by atoms with E-state index in [1.807, 2.05) is 44.3 Å². The molecule has 1 fully saturated rings. The molecule has 0 N–H and O–H groups in total. The van der Waals surface area contributed by atoms with Crippen LogP contribution in [0.15, 0.2) is 30.3 Å². The first kappa shape index (κ1) is 15.0. The Hall–Kier alpha value is -1.35. The van der Waals surface area contributed by atoms with E-state index < -0.39 is 0 Å². The lowest BCUT2D eigenvalue weighted by molar-refractivity contribution is -0.123. The minimum Gasteiger partial charge on any atom is -0.314 e. The summed E-state index contributed by atoms with van der Waals surface area (Å²) in [5.41, 5.74) is 0.969. The molecule has 3 heteroatoms. The average molecular weight is 274 g/mol. The van der Waals surface area contributed by atoms with Crippen LogP contribution in [0, 0.1) is 0 Å². The van der Waals surface area contributed by atoms with E-state index in [2.05, 4.69) is 4.90 Å². The lowest BCUT2D eigenvalue weighted by atomic mass is 10.1. The summed E-state index contributed by atoms with van der Waals surface area (Å²) in [6, 6.07) is 9.86. The molecule has 0 bridgehead atoms. The Bertz CT molecular complexity index is 410. The minimum absolute atomic E-state index is 0.0293. The highest BCUT2D eigenvalue weighted by Crippen LogP contribution is 2.17. The average Bonchev–Trinajstić information content (AvgIpc) is 2.46. The molecule has 3 nitrogen and oxygen atoms in total. The van der Waals surface area contributed by atoms with Crippen molar-refractivity contribution in [3.05, 3.63) is 30.3 Å². The molecule has 1 aliphatic heterocycles. The third kappa shape index (κ3) is 3.83. The summed E-state index contributed by atoms with van der Waals surface area (Å²) in [5, 5.41) is 0. The molecular weight excluding hydrogens is 248 g/mol. The second-order valence-electron chi connectivity index (χ2n) is 5.71. The van der Waals surface area contributed by atoms with E-state index in [9.17, 15) is 4.79 Å². The van der Waals surface area contributed by atoms with Crippen LogP contribution in [0.5, 0.6) is 0 Å². The summed E-state index contributed by atoms with van der Waals surface area (Å²) in [7, 11) is 1.87. The van der Waals surface area contributed by atoms with E-state index in [0.717, 1.165) is 18.8 Å². The fraction of sp³-hybridized carbons (Fsp3) is 0.588. The summed E-state index contributed by atoms with van der Waals surface area (Å²) in [4.78, 5) is 16.8. The van der Waals surface area contributed by atoms with E-state index >= 15 is 0 Å². The van der Waals surface area contributed by atoms with Gasteiger partial charge in [0.1, 0.15) is 0 Å². The highest BCUT2D eigenvalue weighted by molar-refractivity contribution is 5.96. The molecule has 0 saturated carbocycles. The maximum absolute atomic E-state index is 12.6. The van der Waals surface area contributed by atoms with Gasteiger partial charge in [0.15, 0.2) is 0 Å². The number of hydrogen-bond acceptors (Lipinski definition) is 2. The Balaban J connectivity index is 1.99. The monoisotopic (exact) mass is 274 g/mol. The fourth-order valence-corrected chi connectivity index (χ4v) is 2.87. The second-order valence-corrected chi connectivity index (χ2v) is 5.71. The number of nitrogens with zero attached hydrogens (tertiary/aromatic N) is 2. The molecular formula is C17H26N2O. The number of amides is 1. The van der Waals surface area contributed by atoms with Crippen LogP contribution < -0.4 is 4.90 Å². The zero-order valence-electron chi connectivity index (χ0n) is 12.7. The zero-order valence-corrected chi connectivity index (χ0v) is 12.7. The van der Waals surface area contributed by atoms with Crippen LogP contribution >= 0.6 is 0 Å². The standard InChI is InChI=1S/C17H26N2O/c1-15(19-13-9-4-3-5-10-14-19)17(20)18(2)16-11-7-6-8-12-16/h6-8,11-12,15H,3-5,9-10,13-14H2,1-2H3. The highest BCUT2D eigenvalue weighted by atomic mass is 16.2. The van der Waals surface area contributed by atoms with Crippen molar-refractivity contribution in [3.8, 4) is 0 Å². The largest absolute Gasteiger partial charge is 0.314 e. The zero-order chi connectivity index (χ0) is 14.4. The van der Waals surface area contributed by atoms with Gasteiger partial charge in [-0.2, -0.15) is 0 Å². The quantitative estimate of drug-likeness (QED) is 0.844. The van der Waals surface area contributed by atoms with Gasteiger partial charge in [0, 0.05) is 12.7 Å². The third-order valence-corrected chi connectivity index (χ3v) is 4.27. The van der Waals surface area contributed by atoms with Crippen LogP contribution in [0.1, 0.15) is 39.0 Å². The number of benzene rings is 1. The third-order valence-electron chi connectivity index (χ3n) is 4.27. The molecule has 1 aliphatic rings. The van der Waals surface area contributed by atoms with Crippen LogP contribution in [-0.4, -0.2) is 37.0 Å². The molecule has 1 amide bonds. The van der Waals surface area contributed by atoms with Gasteiger partial charge in [-0.25, -0.2) is 0 Å². The van der Waals surface area contributed by atoms with Gasteiger partial charge in [-0.1, -0.05) is 37.5 Å². The summed E-state index contributed by atoms with van der Waals surface area (Å²) in [6.07, 6.45) is 6.37. The van der Waals surface area contributed by atoms with Gasteiger partial charge in [0.25, 0.3) is 0 Å². The van der Waals surface area contributed by atoms with Gasteiger partial charge in [-0.3, -0.25) is 9.69 Å². The van der Waals surface area contributed by atoms with E-state index in [1.165, 1.54) is 32.1 Å². The van der Waals surface area contributed by atoms with E-state index in [-0.39, 0.29) is 11.9 Å². The molecule has 1 aromatic rings. The predicted octanol–water partition coefficient (Wildman–Crippen LogP) is 3.30. The molecule has 1 unspecified atom stereocenters. The Labute approximate surface area is 122 Å². The predicted molar refractivity (Wildman–Crippen MR) is 84.0 cm³/mol. The van der Waals surface area contributed by atoms with Crippen molar-refractivity contribution in [1.29, 1.82) is 0 Å². The van der Waals surface area contributed by atoms with Crippen LogP contribution in [0.4, 0.5) is 5.69 Å². The van der Waals surface area contributed by atoms with E-state index in [1.54, 1.807) is 4.90 Å². The normalized spacial score (nSPS) is 18.9. The molecule has 1 atom stereocenters. The Morgan fingerprint density at radius 3 is 2.20 bits per heavy atom. The Kier molecular flexibility index (Phi) is 5.60. The maximum Gasteiger partial charge on any atom is 0.243 e. The van der Waals surface area contributed by atoms with Crippen molar-refractivity contribution in [2.45, 2.75) is 45.1 Å². The van der Waals surface area contributed by atoms with Gasteiger partial charge >= 0.3 is 0 Å². The van der Waals surface area contributed by atoms with E-state index in [0.29, 0.717) is 0 Å². The van der Waals surface area contributed by atoms with Crippen LogP contribution in [-0.2, 0) is 4.79 Å². The summed E-state index contributed by atoms with van der Waals surface area (Å²) in [6.45, 7) is 4.15. The first-order valence-electron chi connectivity index (χ1n) is 7.77. The number of para-hydroxylation sites is 1. The number of likely N-dealkylation sites (N-methyl/N-ethyl adjacent to an activating group) is 1. The van der Waals surface area contributed by atoms with Crippen molar-refractivity contribution < 1.29 is 4.79 Å². The van der Waals surface area contributed by atoms with Crippen molar-refractivity contribution in [3.63, 3.8) is 0 Å². The maximum atomic E-state index is 12.6. The number of anilines is 1. The van der Waals surface area contributed by atoms with Crippen LogP contribution in [0.3, 0.4) is 0 Å². The summed E-state index contributed by atoms with van der Waals surface area (Å²) < 4.78 is 0. The van der Waals surface area contributed by atoms with Gasteiger partial charge in [-0.05, 0) is 45.0 Å². The number of likely N-dealkylation sites (tertiary alicyclic amines) is 1. The lowest BCUT2D eigenvalue weighted by Crippen LogP contribution is -2.47. The van der Waals surface area contributed by atoms with Gasteiger partial charge in [0.05, 0.1) is 6.04 Å². The second kappa shape index (κ2) is 7.44. The number of carbonyl (C=O) groups excluding carboxylic acids is 1. The lowest BCUT2D eigenvalue weighted by Gasteiger charge is -2.32. The molecule has 0 aliphatic carbocycles. The Morgan fingerprint density at radius 2 is 1.60 bits per heavy atom. The molecule has 20 heavy (non-hydrogen) atoms. The highest BCUT2D eigenvalue weighted by Gasteiger charge is 2.24. The smallest absolute Gasteiger partial charge is 0.243 e. The van der Waals surface area contributed by atoms with Crippen LogP contribution in [0.2, 0.25) is 0 Å². The molecule has 1 aromatic carbocycles. The van der Waals surface area contributed by atoms with Crippen molar-refractivity contribution in [2.75, 3.05) is 25.0 Å². The van der Waals surface area contributed by atoms with Gasteiger partial charge in [-0.15, -0.1) is 0 Å². The summed E-state index contributed by atoms with van der Waals surface area (Å²) in [5.74, 6) is 0.191. The van der Waals surface area contributed by atoms with Gasteiger partial charge in [0.2, 0.25) is 5.91 Å². The molecule has 1 heterocycles. The van der Waals surface area contributed by atoms with E-state index in [4.69, 9.17) is 0 Å². The van der Waals surface area contributed by atoms with Crippen molar-refractivity contribution in [1.82, 2.24) is 4.90 Å². The number of carbonyl (C=O) groups is 1. The number of hydrogen-bond donors (Lipinski definition) is 0. The summed E-state index contributed by atoms with van der Waals surface area (Å²) >= 11 is 0. The van der Waals surface area contributed by atoms with Gasteiger partial charge < -0.3 is 4.90 Å². The number of rotatable bonds is 3. The molecule has 110 valence electrons. The molecule has 0 radical (unpaired) electrons. The van der Waals surface area contributed by atoms with Crippen molar-refractivity contribution >= 4 is 11.6 Å². The van der Waals surface area contributed by atoms with Crippen molar-refractivity contribution in [2.24, 2.45) is 0 Å². The molecule has 2 rings (SSSR count). The minimum atomic E-state index is -0.0293. The molecule has 1 saturated heterocycles. The topological polar surface area (TPSA) is 23.6 Å². The first-order valence-corrected chi connectivity index (χ1v) is 7.77.